The first kappa shape index (κ1) is 24.6. The third-order valence-corrected chi connectivity index (χ3v) is 4.87. The van der Waals surface area contributed by atoms with Gasteiger partial charge in [-0.3, -0.25) is 4.99 Å². The lowest BCUT2D eigenvalue weighted by Crippen LogP contribution is -2.37. The molecular formula is C22H28FIN4O3. The molecule has 2 aromatic carbocycles. The number of aromatic amines is 1. The van der Waals surface area contributed by atoms with Gasteiger partial charge < -0.3 is 29.8 Å². The van der Waals surface area contributed by atoms with Crippen LogP contribution in [0.3, 0.4) is 0 Å². The maximum Gasteiger partial charge on any atom is 0.203 e. The lowest BCUT2D eigenvalue weighted by molar-refractivity contribution is 0.322. The summed E-state index contributed by atoms with van der Waals surface area (Å²) in [6, 6.07) is 8.51. The van der Waals surface area contributed by atoms with Crippen LogP contribution in [0.25, 0.3) is 10.9 Å². The van der Waals surface area contributed by atoms with E-state index < -0.39 is 0 Å². The number of fused-ring (bicyclic) bond motifs is 1. The zero-order chi connectivity index (χ0) is 21.5. The highest BCUT2D eigenvalue weighted by atomic mass is 127. The van der Waals surface area contributed by atoms with Crippen molar-refractivity contribution in [3.05, 3.63) is 53.5 Å². The van der Waals surface area contributed by atoms with Gasteiger partial charge in [-0.1, -0.05) is 0 Å². The molecule has 0 saturated carbocycles. The van der Waals surface area contributed by atoms with Gasteiger partial charge in [0.25, 0.3) is 0 Å². The zero-order valence-electron chi connectivity index (χ0n) is 18.0. The minimum Gasteiger partial charge on any atom is -0.493 e. The second-order valence-electron chi connectivity index (χ2n) is 6.60. The fourth-order valence-electron chi connectivity index (χ4n) is 3.37. The molecule has 0 aliphatic carbocycles. The van der Waals surface area contributed by atoms with Gasteiger partial charge in [-0.2, -0.15) is 0 Å². The summed E-state index contributed by atoms with van der Waals surface area (Å²) in [4.78, 5) is 7.43. The van der Waals surface area contributed by atoms with Crippen molar-refractivity contribution in [1.82, 2.24) is 15.6 Å². The molecule has 1 aromatic heterocycles. The molecular weight excluding hydrogens is 514 g/mol. The minimum atomic E-state index is -0.238. The molecule has 3 rings (SSSR count). The molecule has 0 spiro atoms. The van der Waals surface area contributed by atoms with Crippen LogP contribution in [-0.4, -0.2) is 45.9 Å². The summed E-state index contributed by atoms with van der Waals surface area (Å²) >= 11 is 0. The molecule has 9 heteroatoms. The number of nitrogens with zero attached hydrogens (tertiary/aromatic N) is 1. The molecule has 0 atom stereocenters. The summed E-state index contributed by atoms with van der Waals surface area (Å²) in [6.45, 7) is 1.13. The van der Waals surface area contributed by atoms with Crippen molar-refractivity contribution in [3.8, 4) is 17.2 Å². The zero-order valence-corrected chi connectivity index (χ0v) is 20.4. The number of guanidine groups is 1. The van der Waals surface area contributed by atoms with Crippen molar-refractivity contribution in [1.29, 1.82) is 0 Å². The fourth-order valence-corrected chi connectivity index (χ4v) is 3.37. The van der Waals surface area contributed by atoms with Crippen molar-refractivity contribution >= 4 is 40.8 Å². The van der Waals surface area contributed by atoms with Crippen molar-refractivity contribution < 1.29 is 18.6 Å². The van der Waals surface area contributed by atoms with Crippen molar-refractivity contribution in [3.63, 3.8) is 0 Å². The van der Waals surface area contributed by atoms with Gasteiger partial charge in [0.2, 0.25) is 5.75 Å². The van der Waals surface area contributed by atoms with E-state index in [4.69, 9.17) is 14.2 Å². The highest BCUT2D eigenvalue weighted by Crippen LogP contribution is 2.39. The second-order valence-corrected chi connectivity index (χ2v) is 6.60. The van der Waals surface area contributed by atoms with Crippen LogP contribution in [0.15, 0.2) is 41.5 Å². The van der Waals surface area contributed by atoms with Gasteiger partial charge >= 0.3 is 0 Å². The van der Waals surface area contributed by atoms with Gasteiger partial charge in [-0.15, -0.1) is 24.0 Å². The Balaban J connectivity index is 0.00000341. The summed E-state index contributed by atoms with van der Waals surface area (Å²) < 4.78 is 29.8. The highest BCUT2D eigenvalue weighted by molar-refractivity contribution is 14.0. The van der Waals surface area contributed by atoms with E-state index in [1.807, 2.05) is 18.3 Å². The molecule has 1 heterocycles. The second kappa shape index (κ2) is 11.6. The van der Waals surface area contributed by atoms with Gasteiger partial charge in [-0.25, -0.2) is 4.39 Å². The Bertz CT molecular complexity index is 1040. The molecule has 0 amide bonds. The van der Waals surface area contributed by atoms with E-state index in [0.717, 1.165) is 28.5 Å². The summed E-state index contributed by atoms with van der Waals surface area (Å²) in [5.74, 6) is 2.18. The lowest BCUT2D eigenvalue weighted by atomic mass is 10.1. The predicted molar refractivity (Wildman–Crippen MR) is 132 cm³/mol. The molecule has 0 radical (unpaired) electrons. The predicted octanol–water partition coefficient (Wildman–Crippen LogP) is 3.86. The van der Waals surface area contributed by atoms with Crippen molar-refractivity contribution in [2.75, 3.05) is 34.9 Å². The normalized spacial score (nSPS) is 11.1. The summed E-state index contributed by atoms with van der Waals surface area (Å²) in [5, 5.41) is 7.45. The number of methoxy groups -OCH3 is 3. The van der Waals surface area contributed by atoms with Crippen LogP contribution in [0.4, 0.5) is 4.39 Å². The smallest absolute Gasteiger partial charge is 0.203 e. The maximum atomic E-state index is 13.5. The van der Waals surface area contributed by atoms with E-state index in [-0.39, 0.29) is 29.8 Å². The molecule has 7 nitrogen and oxygen atoms in total. The van der Waals surface area contributed by atoms with Crippen LogP contribution >= 0.6 is 24.0 Å². The van der Waals surface area contributed by atoms with Crippen LogP contribution in [0.5, 0.6) is 17.2 Å². The summed E-state index contributed by atoms with van der Waals surface area (Å²) in [7, 11) is 6.47. The van der Waals surface area contributed by atoms with Gasteiger partial charge in [0.1, 0.15) is 5.82 Å². The van der Waals surface area contributed by atoms with Crippen LogP contribution in [-0.2, 0) is 13.0 Å². The molecule has 0 unspecified atom stereocenters. The number of aromatic nitrogens is 1. The van der Waals surface area contributed by atoms with E-state index in [1.165, 1.54) is 6.07 Å². The quantitative estimate of drug-likeness (QED) is 0.229. The molecule has 0 saturated heterocycles. The average Bonchev–Trinajstić information content (AvgIpc) is 3.17. The van der Waals surface area contributed by atoms with E-state index in [9.17, 15) is 4.39 Å². The monoisotopic (exact) mass is 542 g/mol. The SMILES string of the molecule is CN=C(NCCc1c[nH]c2ccc(F)cc12)NCc1ccc(OC)c(OC)c1OC.I. The first-order valence-corrected chi connectivity index (χ1v) is 9.59. The number of hydrogen-bond acceptors (Lipinski definition) is 4. The van der Waals surface area contributed by atoms with E-state index in [0.29, 0.717) is 36.3 Å². The number of rotatable bonds is 8. The number of hydrogen-bond donors (Lipinski definition) is 3. The molecule has 0 aliphatic rings. The number of nitrogens with one attached hydrogen (secondary N) is 3. The van der Waals surface area contributed by atoms with Crippen molar-refractivity contribution in [2.45, 2.75) is 13.0 Å². The molecule has 31 heavy (non-hydrogen) atoms. The number of aliphatic imine (C=N–C) groups is 1. The number of H-pyrrole nitrogens is 1. The summed E-state index contributed by atoms with van der Waals surface area (Å²) in [6.07, 6.45) is 2.64. The Morgan fingerprint density at radius 1 is 1.00 bits per heavy atom. The lowest BCUT2D eigenvalue weighted by Gasteiger charge is -2.17. The van der Waals surface area contributed by atoms with Gasteiger partial charge in [0.05, 0.1) is 21.3 Å². The van der Waals surface area contributed by atoms with E-state index in [2.05, 4.69) is 20.6 Å². The Morgan fingerprint density at radius 3 is 2.45 bits per heavy atom. The van der Waals surface area contributed by atoms with Crippen LogP contribution in [0.2, 0.25) is 0 Å². The molecule has 0 bridgehead atoms. The molecule has 3 aromatic rings. The van der Waals surface area contributed by atoms with Crippen molar-refractivity contribution in [2.24, 2.45) is 4.99 Å². The third-order valence-electron chi connectivity index (χ3n) is 4.87. The van der Waals surface area contributed by atoms with E-state index in [1.54, 1.807) is 40.5 Å². The Labute approximate surface area is 198 Å². The van der Waals surface area contributed by atoms with Gasteiger partial charge in [0.15, 0.2) is 17.5 Å². The first-order chi connectivity index (χ1) is 14.6. The Kier molecular flexibility index (Phi) is 9.22. The topological polar surface area (TPSA) is 79.9 Å². The number of ether oxygens (including phenoxy) is 3. The maximum absolute atomic E-state index is 13.5. The number of benzene rings is 2. The van der Waals surface area contributed by atoms with Crippen LogP contribution in [0.1, 0.15) is 11.1 Å². The van der Waals surface area contributed by atoms with Crippen LogP contribution in [0, 0.1) is 5.82 Å². The molecule has 168 valence electrons. The summed E-state index contributed by atoms with van der Waals surface area (Å²) in [5.41, 5.74) is 2.88. The van der Waals surface area contributed by atoms with Gasteiger partial charge in [-0.05, 0) is 42.3 Å². The molecule has 0 aliphatic heterocycles. The van der Waals surface area contributed by atoms with E-state index >= 15 is 0 Å². The largest absolute Gasteiger partial charge is 0.493 e. The Morgan fingerprint density at radius 2 is 1.77 bits per heavy atom. The Hall–Kier alpha value is -2.69. The highest BCUT2D eigenvalue weighted by Gasteiger charge is 2.16. The number of halogens is 2. The van der Waals surface area contributed by atoms with Crippen LogP contribution < -0.4 is 24.8 Å². The first-order valence-electron chi connectivity index (χ1n) is 9.59. The average molecular weight is 542 g/mol. The standard InChI is InChI=1S/C22H27FN4O3.HI/c1-24-22(25-10-9-14-12-26-18-7-6-16(23)11-17(14)18)27-13-15-5-8-19(28-2)21(30-4)20(15)29-3;/h5-8,11-12,26H,9-10,13H2,1-4H3,(H2,24,25,27);1H. The molecule has 3 N–H and O–H groups in total. The fraction of sp³-hybridized carbons (Fsp3) is 0.318. The third kappa shape index (κ3) is 5.72. The minimum absolute atomic E-state index is 0. The molecule has 0 fully saturated rings. The van der Waals surface area contributed by atoms with Gasteiger partial charge in [0, 0.05) is 42.8 Å².